The lowest BCUT2D eigenvalue weighted by Gasteiger charge is -2.34. The van der Waals surface area contributed by atoms with Crippen LogP contribution in [0, 0.1) is 0 Å². The number of fused-ring (bicyclic) bond motifs is 18. The predicted octanol–water partition coefficient (Wildman–Crippen LogP) is 10.6. The van der Waals surface area contributed by atoms with Crippen LogP contribution in [0.4, 0.5) is 0 Å². The van der Waals surface area contributed by atoms with Gasteiger partial charge in [-0.25, -0.2) is 0 Å². The van der Waals surface area contributed by atoms with Gasteiger partial charge in [-0.3, -0.25) is 0 Å². The molecule has 0 radical (unpaired) electrons. The van der Waals surface area contributed by atoms with E-state index >= 15 is 0 Å². The summed E-state index contributed by atoms with van der Waals surface area (Å²) in [6.45, 7) is 0.0824. The summed E-state index contributed by atoms with van der Waals surface area (Å²) >= 11 is 5.85. The topological polar surface area (TPSA) is 9.86 Å². The lowest BCUT2D eigenvalue weighted by atomic mass is 9.45. The lowest BCUT2D eigenvalue weighted by Crippen LogP contribution is -2.55. The third kappa shape index (κ3) is 2.46. The monoisotopic (exact) mass is 634 g/mol. The summed E-state index contributed by atoms with van der Waals surface area (Å²) in [4.78, 5) is 1.35. The third-order valence-corrected chi connectivity index (χ3v) is 14.2. The predicted molar refractivity (Wildman–Crippen MR) is 203 cm³/mol. The number of rotatable bonds is 0. The first kappa shape index (κ1) is 23.5. The van der Waals surface area contributed by atoms with Crippen molar-refractivity contribution >= 4 is 134 Å². The van der Waals surface area contributed by atoms with Crippen LogP contribution < -0.4 is 10.9 Å². The van der Waals surface area contributed by atoms with Gasteiger partial charge < -0.3 is 9.05 Å². The van der Waals surface area contributed by atoms with Crippen molar-refractivity contribution in [1.29, 1.82) is 0 Å². The first-order valence-corrected chi connectivity index (χ1v) is 18.2. The number of nitrogens with zero attached hydrogens (tertiary/aromatic N) is 2. The van der Waals surface area contributed by atoms with Gasteiger partial charge in [-0.05, 0) is 35.2 Å². The molecular weight excluding hydrogens is 615 g/mol. The number of aromatic nitrogens is 2. The minimum absolute atomic E-state index is 0.0824. The molecule has 13 rings (SSSR count). The largest absolute Gasteiger partial charge is 0.374 e. The SMILES string of the molecule is c1ccc2c(c1)sc1c3c4c(cc12)-n1c2sc5ccccc5c2c2cccc(c21)B4n1c2c-3cccc2c2sc3ccccc3c21. The molecule has 11 aromatic rings. The van der Waals surface area contributed by atoms with Crippen LogP contribution in [0.15, 0.2) is 115 Å². The maximum atomic E-state index is 2.74. The molecule has 0 saturated heterocycles. The first-order valence-electron chi connectivity index (χ1n) is 15.7. The highest BCUT2D eigenvalue weighted by molar-refractivity contribution is 7.27. The van der Waals surface area contributed by atoms with Crippen LogP contribution >= 0.6 is 34.0 Å². The van der Waals surface area contributed by atoms with Gasteiger partial charge >= 0.3 is 6.85 Å². The van der Waals surface area contributed by atoms with E-state index in [0.29, 0.717) is 0 Å². The van der Waals surface area contributed by atoms with Gasteiger partial charge in [0, 0.05) is 78.8 Å². The second-order valence-corrected chi connectivity index (χ2v) is 15.9. The zero-order chi connectivity index (χ0) is 29.4. The van der Waals surface area contributed by atoms with Crippen molar-refractivity contribution in [2.75, 3.05) is 0 Å². The Morgan fingerprint density at radius 1 is 0.500 bits per heavy atom. The van der Waals surface area contributed by atoms with Crippen LogP contribution in [-0.4, -0.2) is 15.9 Å². The molecule has 210 valence electrons. The number of para-hydroxylation sites is 2. The Morgan fingerprint density at radius 2 is 1.17 bits per heavy atom. The van der Waals surface area contributed by atoms with Crippen molar-refractivity contribution in [3.8, 4) is 16.8 Å². The Kier molecular flexibility index (Phi) is 3.94. The molecule has 0 N–H and O–H groups in total. The normalized spacial score (nSPS) is 13.6. The molecule has 6 heteroatoms. The van der Waals surface area contributed by atoms with E-state index in [1.165, 1.54) is 110 Å². The van der Waals surface area contributed by atoms with Gasteiger partial charge in [0.05, 0.1) is 15.7 Å². The van der Waals surface area contributed by atoms with Gasteiger partial charge in [-0.1, -0.05) is 91.0 Å². The molecule has 7 heterocycles. The highest BCUT2D eigenvalue weighted by Crippen LogP contribution is 2.51. The summed E-state index contributed by atoms with van der Waals surface area (Å²) < 4.78 is 12.3. The molecule has 2 aliphatic rings. The summed E-state index contributed by atoms with van der Waals surface area (Å²) in [5.41, 5.74) is 11.1. The number of hydrogen-bond donors (Lipinski definition) is 0. The summed E-state index contributed by atoms with van der Waals surface area (Å²) in [6, 6.07) is 43.6. The zero-order valence-electron chi connectivity index (χ0n) is 24.2. The first-order chi connectivity index (χ1) is 22.8. The van der Waals surface area contributed by atoms with E-state index in [-0.39, 0.29) is 6.85 Å². The molecule has 0 aliphatic carbocycles. The molecule has 5 aromatic heterocycles. The average Bonchev–Trinajstić information content (AvgIpc) is 3.89. The Bertz CT molecular complexity index is 3220. The van der Waals surface area contributed by atoms with Crippen molar-refractivity contribution in [2.24, 2.45) is 0 Å². The highest BCUT2D eigenvalue weighted by Gasteiger charge is 2.43. The minimum Gasteiger partial charge on any atom is -0.374 e. The summed E-state index contributed by atoms with van der Waals surface area (Å²) in [5.74, 6) is 0. The molecule has 0 atom stereocenters. The van der Waals surface area contributed by atoms with Crippen LogP contribution in [0.25, 0.3) is 99.4 Å². The van der Waals surface area contributed by atoms with Crippen LogP contribution in [0.5, 0.6) is 0 Å². The van der Waals surface area contributed by atoms with Crippen LogP contribution in [-0.2, 0) is 0 Å². The summed E-state index contributed by atoms with van der Waals surface area (Å²) in [5, 5.41) is 9.57. The number of benzene rings is 6. The maximum absolute atomic E-state index is 2.74. The van der Waals surface area contributed by atoms with E-state index in [0.717, 1.165) is 0 Å². The van der Waals surface area contributed by atoms with Crippen LogP contribution in [0.3, 0.4) is 0 Å². The highest BCUT2D eigenvalue weighted by atomic mass is 32.1. The molecule has 0 bridgehead atoms. The van der Waals surface area contributed by atoms with E-state index in [2.05, 4.69) is 124 Å². The fourth-order valence-electron chi connectivity index (χ4n) is 9.04. The Labute approximate surface area is 274 Å². The van der Waals surface area contributed by atoms with Crippen molar-refractivity contribution < 1.29 is 0 Å². The smallest absolute Gasteiger partial charge is 0.333 e. The van der Waals surface area contributed by atoms with Crippen molar-refractivity contribution in [3.05, 3.63) is 115 Å². The van der Waals surface area contributed by atoms with Crippen LogP contribution in [0.1, 0.15) is 0 Å². The number of thiophene rings is 3. The Hall–Kier alpha value is -4.88. The molecule has 0 spiro atoms. The molecule has 2 nitrogen and oxygen atoms in total. The van der Waals surface area contributed by atoms with Gasteiger partial charge in [-0.15, -0.1) is 34.0 Å². The van der Waals surface area contributed by atoms with E-state index in [1.807, 2.05) is 34.0 Å². The van der Waals surface area contributed by atoms with Crippen molar-refractivity contribution in [2.45, 2.75) is 0 Å². The second-order valence-electron chi connectivity index (χ2n) is 12.8. The fourth-order valence-corrected chi connectivity index (χ4v) is 12.8. The summed E-state index contributed by atoms with van der Waals surface area (Å²) in [7, 11) is 0. The number of hydrogen-bond acceptors (Lipinski definition) is 3. The molecule has 0 saturated carbocycles. The van der Waals surface area contributed by atoms with E-state index in [1.54, 1.807) is 0 Å². The van der Waals surface area contributed by atoms with Gasteiger partial charge in [0.15, 0.2) is 0 Å². The molecule has 46 heavy (non-hydrogen) atoms. The quantitative estimate of drug-likeness (QED) is 0.147. The third-order valence-electron chi connectivity index (χ3n) is 10.7. The van der Waals surface area contributed by atoms with Gasteiger partial charge in [0.1, 0.15) is 4.83 Å². The Morgan fingerprint density at radius 3 is 2.04 bits per heavy atom. The molecular formula is C40H19BN2S3. The van der Waals surface area contributed by atoms with E-state index in [9.17, 15) is 0 Å². The zero-order valence-corrected chi connectivity index (χ0v) is 26.6. The van der Waals surface area contributed by atoms with Crippen molar-refractivity contribution in [1.82, 2.24) is 9.05 Å². The van der Waals surface area contributed by atoms with E-state index < -0.39 is 0 Å². The van der Waals surface area contributed by atoms with Gasteiger partial charge in [0.25, 0.3) is 0 Å². The lowest BCUT2D eigenvalue weighted by molar-refractivity contribution is 1.19. The van der Waals surface area contributed by atoms with Crippen LogP contribution in [0.2, 0.25) is 0 Å². The fraction of sp³-hybridized carbons (Fsp3) is 0. The van der Waals surface area contributed by atoms with Gasteiger partial charge in [0.2, 0.25) is 0 Å². The summed E-state index contributed by atoms with van der Waals surface area (Å²) in [6.07, 6.45) is 0. The van der Waals surface area contributed by atoms with Crippen molar-refractivity contribution in [3.63, 3.8) is 0 Å². The standard InChI is InChI=1S/C40H19BN2S3/c1-4-16-29-20(9-1)26-19-28-34-33(38(26)44-29)24-12-7-14-25-35(24)43(37-22-11-3-6-18-31(22)45-39(25)37)41(34)27-15-8-13-23-32-21-10-2-5-17-30(21)46-40(32)42(28)36(23)27/h1-19H. The average molecular weight is 635 g/mol. The Balaban J connectivity index is 1.35. The van der Waals surface area contributed by atoms with Gasteiger partial charge in [-0.2, -0.15) is 0 Å². The second kappa shape index (κ2) is 7.73. The molecule has 0 unspecified atom stereocenters. The molecule has 6 aromatic carbocycles. The molecule has 2 aliphatic heterocycles. The minimum atomic E-state index is 0.0824. The van der Waals surface area contributed by atoms with E-state index in [4.69, 9.17) is 0 Å². The maximum Gasteiger partial charge on any atom is 0.333 e. The molecule has 0 amide bonds. The molecule has 0 fully saturated rings.